The standard InChI is InChI=1S/C9H9ClIN2/c1-6-12-9(11-2)8-4-3-7(10)5-13(6)8/h3-5H,1-2H3/q-1. The minimum atomic E-state index is 0.0430. The average Bonchev–Trinajstić information content (AvgIpc) is 2.43. The molecular formula is C9H9ClIN2-. The predicted molar refractivity (Wildman–Crippen MR) is 49.6 cm³/mol. The van der Waals surface area contributed by atoms with Crippen molar-refractivity contribution in [3.05, 3.63) is 32.9 Å². The van der Waals surface area contributed by atoms with Crippen molar-refractivity contribution in [2.75, 3.05) is 4.93 Å². The second-order valence-electron chi connectivity index (χ2n) is 2.74. The zero-order chi connectivity index (χ0) is 9.42. The summed E-state index contributed by atoms with van der Waals surface area (Å²) in [5.74, 6) is 1.02. The monoisotopic (exact) mass is 307 g/mol. The fourth-order valence-corrected chi connectivity index (χ4v) is 3.05. The van der Waals surface area contributed by atoms with E-state index in [0.29, 0.717) is 0 Å². The molecule has 0 aliphatic rings. The fraction of sp³-hybridized carbons (Fsp3) is 0.222. The van der Waals surface area contributed by atoms with Crippen LogP contribution in [0.15, 0.2) is 18.3 Å². The number of fused-ring (bicyclic) bond motifs is 1. The summed E-state index contributed by atoms with van der Waals surface area (Å²) in [6.07, 6.45) is 1.92. The van der Waals surface area contributed by atoms with Gasteiger partial charge in [-0.3, -0.25) is 0 Å². The van der Waals surface area contributed by atoms with E-state index in [9.17, 15) is 0 Å². The molecule has 0 atom stereocenters. The van der Waals surface area contributed by atoms with Crippen LogP contribution in [0.25, 0.3) is 5.52 Å². The van der Waals surface area contributed by atoms with Crippen LogP contribution in [-0.2, 0) is 0 Å². The number of imidazole rings is 1. The van der Waals surface area contributed by atoms with Gasteiger partial charge in [-0.05, 0) is 0 Å². The Bertz CT molecular complexity index is 450. The van der Waals surface area contributed by atoms with Crippen molar-refractivity contribution in [2.45, 2.75) is 6.92 Å². The molecule has 0 radical (unpaired) electrons. The SMILES string of the molecule is C[I-]c1nc(C)n2cc(Cl)ccc12. The second kappa shape index (κ2) is 3.46. The van der Waals surface area contributed by atoms with Crippen LogP contribution < -0.4 is 21.2 Å². The summed E-state index contributed by atoms with van der Waals surface area (Å²) in [6.45, 7) is 2.01. The van der Waals surface area contributed by atoms with Gasteiger partial charge in [0.25, 0.3) is 0 Å². The number of hydrogen-bond acceptors (Lipinski definition) is 1. The average molecular weight is 308 g/mol. The number of aryl methyl sites for hydroxylation is 1. The van der Waals surface area contributed by atoms with E-state index in [2.05, 4.69) is 14.3 Å². The zero-order valence-electron chi connectivity index (χ0n) is 7.38. The van der Waals surface area contributed by atoms with Crippen LogP contribution in [0.2, 0.25) is 5.02 Å². The Balaban J connectivity index is 2.80. The number of rotatable bonds is 1. The summed E-state index contributed by atoms with van der Waals surface area (Å²) in [6, 6.07) is 3.96. The van der Waals surface area contributed by atoms with E-state index in [4.69, 9.17) is 11.6 Å². The van der Waals surface area contributed by atoms with Crippen LogP contribution in [0.3, 0.4) is 0 Å². The van der Waals surface area contributed by atoms with Crippen LogP contribution in [-0.4, -0.2) is 14.3 Å². The molecule has 0 unspecified atom stereocenters. The third-order valence-electron chi connectivity index (χ3n) is 1.91. The zero-order valence-corrected chi connectivity index (χ0v) is 10.3. The van der Waals surface area contributed by atoms with E-state index >= 15 is 0 Å². The number of nitrogens with zero attached hydrogens (tertiary/aromatic N) is 2. The fourth-order valence-electron chi connectivity index (χ4n) is 1.30. The first-order chi connectivity index (χ1) is 6.22. The molecule has 0 bridgehead atoms. The van der Waals surface area contributed by atoms with Crippen LogP contribution in [0, 0.1) is 10.6 Å². The van der Waals surface area contributed by atoms with Gasteiger partial charge in [-0.1, -0.05) is 0 Å². The van der Waals surface area contributed by atoms with Gasteiger partial charge in [-0.15, -0.1) is 0 Å². The summed E-state index contributed by atoms with van der Waals surface area (Å²) < 4.78 is 3.30. The van der Waals surface area contributed by atoms with E-state index in [-0.39, 0.29) is 21.2 Å². The normalized spacial score (nSPS) is 11.3. The molecule has 0 N–H and O–H groups in total. The van der Waals surface area contributed by atoms with Crippen LogP contribution in [0.4, 0.5) is 0 Å². The van der Waals surface area contributed by atoms with E-state index in [1.807, 2.05) is 25.3 Å². The molecule has 13 heavy (non-hydrogen) atoms. The summed E-state index contributed by atoms with van der Waals surface area (Å²) in [5.41, 5.74) is 1.21. The van der Waals surface area contributed by atoms with Crippen molar-refractivity contribution in [2.24, 2.45) is 0 Å². The molecule has 0 spiro atoms. The summed E-state index contributed by atoms with van der Waals surface area (Å²) in [4.78, 5) is 6.72. The maximum absolute atomic E-state index is 5.90. The molecule has 0 aliphatic carbocycles. The van der Waals surface area contributed by atoms with Gasteiger partial charge in [0.15, 0.2) is 0 Å². The summed E-state index contributed by atoms with van der Waals surface area (Å²) in [7, 11) is 0. The van der Waals surface area contributed by atoms with Crippen molar-refractivity contribution in [1.29, 1.82) is 0 Å². The molecule has 2 nitrogen and oxygen atoms in total. The van der Waals surface area contributed by atoms with Gasteiger partial charge >= 0.3 is 92.4 Å². The summed E-state index contributed by atoms with van der Waals surface area (Å²) >= 11 is 5.95. The number of pyridine rings is 1. The molecule has 0 fully saturated rings. The number of alkyl halides is 1. The van der Waals surface area contributed by atoms with Gasteiger partial charge in [0, 0.05) is 0 Å². The Kier molecular flexibility index (Phi) is 2.47. The van der Waals surface area contributed by atoms with Crippen molar-refractivity contribution < 1.29 is 21.2 Å². The van der Waals surface area contributed by atoms with E-state index < -0.39 is 0 Å². The van der Waals surface area contributed by atoms with Gasteiger partial charge in [0.1, 0.15) is 0 Å². The molecular weight excluding hydrogens is 298 g/mol. The van der Waals surface area contributed by atoms with Gasteiger partial charge in [-0.25, -0.2) is 0 Å². The minimum absolute atomic E-state index is 0.0430. The first kappa shape index (κ1) is 9.27. The molecule has 2 aromatic heterocycles. The third kappa shape index (κ3) is 1.55. The molecule has 0 saturated heterocycles. The van der Waals surface area contributed by atoms with Gasteiger partial charge < -0.3 is 0 Å². The Hall–Kier alpha value is -0.290. The first-order valence-electron chi connectivity index (χ1n) is 3.86. The number of aromatic nitrogens is 2. The summed E-state index contributed by atoms with van der Waals surface area (Å²) in [5, 5.41) is 0.758. The van der Waals surface area contributed by atoms with Crippen molar-refractivity contribution in [3.63, 3.8) is 0 Å². The molecule has 2 heterocycles. The molecule has 0 saturated carbocycles. The van der Waals surface area contributed by atoms with Gasteiger partial charge in [0.05, 0.1) is 0 Å². The Morgan fingerprint density at radius 1 is 1.46 bits per heavy atom. The molecule has 4 heteroatoms. The van der Waals surface area contributed by atoms with E-state index in [1.165, 1.54) is 9.22 Å². The molecule has 0 aromatic carbocycles. The van der Waals surface area contributed by atoms with Crippen molar-refractivity contribution in [1.82, 2.24) is 9.38 Å². The molecule has 2 rings (SSSR count). The number of hydrogen-bond donors (Lipinski definition) is 0. The Morgan fingerprint density at radius 2 is 2.23 bits per heavy atom. The van der Waals surface area contributed by atoms with E-state index in [0.717, 1.165) is 10.8 Å². The molecule has 70 valence electrons. The maximum atomic E-state index is 5.90. The predicted octanol–water partition coefficient (Wildman–Crippen LogP) is -0.815. The Morgan fingerprint density at radius 3 is 2.92 bits per heavy atom. The first-order valence-corrected chi connectivity index (χ1v) is 7.47. The molecule has 2 aromatic rings. The number of halogens is 2. The van der Waals surface area contributed by atoms with Crippen LogP contribution in [0.5, 0.6) is 0 Å². The topological polar surface area (TPSA) is 17.3 Å². The molecule has 0 aliphatic heterocycles. The quantitative estimate of drug-likeness (QED) is 0.497. The van der Waals surface area contributed by atoms with E-state index in [1.54, 1.807) is 0 Å². The van der Waals surface area contributed by atoms with Crippen LogP contribution >= 0.6 is 11.6 Å². The second-order valence-corrected chi connectivity index (χ2v) is 5.28. The van der Waals surface area contributed by atoms with Crippen molar-refractivity contribution in [3.8, 4) is 0 Å². The van der Waals surface area contributed by atoms with Gasteiger partial charge in [0.2, 0.25) is 0 Å². The third-order valence-corrected chi connectivity index (χ3v) is 3.95. The van der Waals surface area contributed by atoms with Crippen LogP contribution in [0.1, 0.15) is 5.82 Å². The van der Waals surface area contributed by atoms with Crippen molar-refractivity contribution >= 4 is 17.1 Å². The Labute approximate surface area is 92.2 Å². The van der Waals surface area contributed by atoms with Gasteiger partial charge in [-0.2, -0.15) is 0 Å². The molecule has 0 amide bonds.